The Morgan fingerprint density at radius 1 is 0.708 bits per heavy atom. The molecule has 2 saturated heterocycles. The minimum absolute atomic E-state index is 0.0902. The summed E-state index contributed by atoms with van der Waals surface area (Å²) in [7, 11) is 1.28. The van der Waals surface area contributed by atoms with Gasteiger partial charge in [-0.15, -0.1) is 0 Å². The number of imidazole rings is 2. The molecular weight excluding hydrogens is 923 g/mol. The highest BCUT2D eigenvalue weighted by molar-refractivity contribution is 5.87. The average Bonchev–Trinajstić information content (AvgIpc) is 4.22. The Labute approximate surface area is 418 Å². The number of hydrogen-bond acceptors (Lipinski definition) is 12. The van der Waals surface area contributed by atoms with Crippen LogP contribution in [-0.2, 0) is 36.9 Å². The molecule has 0 spiro atoms. The van der Waals surface area contributed by atoms with Gasteiger partial charge in [-0.25, -0.2) is 24.4 Å². The first-order chi connectivity index (χ1) is 34.4. The second-order valence-electron chi connectivity index (χ2n) is 20.5. The van der Waals surface area contributed by atoms with Gasteiger partial charge in [-0.1, -0.05) is 76.2 Å². The lowest BCUT2D eigenvalue weighted by atomic mass is 10.0. The fourth-order valence-corrected chi connectivity index (χ4v) is 9.83. The molecule has 2 fully saturated rings. The molecule has 72 heavy (non-hydrogen) atoms. The molecule has 2 unspecified atom stereocenters. The van der Waals surface area contributed by atoms with E-state index in [1.807, 2.05) is 88.4 Å². The van der Waals surface area contributed by atoms with Crippen molar-refractivity contribution in [3.63, 3.8) is 0 Å². The van der Waals surface area contributed by atoms with E-state index < -0.39 is 48.1 Å². The molecule has 0 saturated carbocycles. The number of likely N-dealkylation sites (tertiary alicyclic amines) is 2. The van der Waals surface area contributed by atoms with E-state index >= 15 is 0 Å². The van der Waals surface area contributed by atoms with Crippen molar-refractivity contribution in [1.29, 1.82) is 0 Å². The molecule has 0 bridgehead atoms. The highest BCUT2D eigenvalue weighted by Gasteiger charge is 2.44. The summed E-state index contributed by atoms with van der Waals surface area (Å²) in [5.74, 6) is 1.59. The van der Waals surface area contributed by atoms with Crippen molar-refractivity contribution >= 4 is 30.1 Å². The Morgan fingerprint density at radius 3 is 1.72 bits per heavy atom. The topological polar surface area (TPSA) is 223 Å². The highest BCUT2D eigenvalue weighted by Crippen LogP contribution is 2.40. The number of alkyl carbamates (subject to hydrolysis) is 2. The molecule has 6 heterocycles. The molecule has 4 aliphatic heterocycles. The van der Waals surface area contributed by atoms with Crippen LogP contribution in [0.25, 0.3) is 33.6 Å². The van der Waals surface area contributed by atoms with E-state index in [4.69, 9.17) is 33.7 Å². The van der Waals surface area contributed by atoms with Crippen molar-refractivity contribution in [2.24, 2.45) is 11.8 Å². The quantitative estimate of drug-likeness (QED) is 0.0868. The number of carbonyl (C=O) groups is 5. The van der Waals surface area contributed by atoms with Gasteiger partial charge in [0, 0.05) is 26.1 Å². The van der Waals surface area contributed by atoms with Gasteiger partial charge in [0.25, 0.3) is 0 Å². The number of benzene rings is 3. The third-order valence-corrected chi connectivity index (χ3v) is 13.6. The minimum atomic E-state index is -0.925. The minimum Gasteiger partial charge on any atom is -0.454 e. The maximum atomic E-state index is 14.5. The van der Waals surface area contributed by atoms with E-state index in [1.165, 1.54) is 7.11 Å². The standard InChI is InChI=1S/C53H63N9O10/c1-29(2)44(58-50(65)68-8)48(63)61-19-9-10-40(61)46-54-23-38(56-46)33-15-11-31(12-16-33)32-13-17-34(18-14-32)39-24-55-47(57-39)41-22-37(27-62(41)49(64)45(30(3)4)59-51(66)72-53(5,6)7)71-52(67)60-25-35-20-42-43(70-28-69-42)21-36(35)26-60/h11-18,20-21,23-24,29-30,37,40-41,44-45H,9-10,19,22,25-28H2,1-8H3,(H,54,56)(H,55,57)(H,58,65)(H,59,66)/t37-,40?,41?,44+,45+/m1/s1. The molecule has 19 heteroatoms. The highest BCUT2D eigenvalue weighted by atomic mass is 16.7. The van der Waals surface area contributed by atoms with Crippen molar-refractivity contribution in [3.8, 4) is 45.1 Å². The van der Waals surface area contributed by atoms with Crippen LogP contribution in [0.2, 0.25) is 0 Å². The van der Waals surface area contributed by atoms with Gasteiger partial charge in [-0.05, 0) is 91.0 Å². The number of ether oxygens (including phenoxy) is 5. The summed E-state index contributed by atoms with van der Waals surface area (Å²) >= 11 is 0. The molecule has 9 rings (SSSR count). The fraction of sp³-hybridized carbons (Fsp3) is 0.453. The molecule has 3 aromatic carbocycles. The first-order valence-electron chi connectivity index (χ1n) is 24.6. The zero-order valence-corrected chi connectivity index (χ0v) is 41.9. The number of hydrogen-bond donors (Lipinski definition) is 4. The number of methoxy groups -OCH3 is 1. The normalized spacial score (nSPS) is 19.1. The van der Waals surface area contributed by atoms with E-state index in [0.29, 0.717) is 42.8 Å². The zero-order chi connectivity index (χ0) is 51.0. The van der Waals surface area contributed by atoms with Gasteiger partial charge < -0.3 is 54.1 Å². The largest absolute Gasteiger partial charge is 0.454 e. The fourth-order valence-electron chi connectivity index (χ4n) is 9.83. The number of amides is 5. The number of rotatable bonds is 12. The number of nitrogens with zero attached hydrogens (tertiary/aromatic N) is 5. The average molecular weight is 986 g/mol. The van der Waals surface area contributed by atoms with E-state index in [0.717, 1.165) is 57.6 Å². The predicted octanol–water partition coefficient (Wildman–Crippen LogP) is 8.25. The van der Waals surface area contributed by atoms with Gasteiger partial charge in [-0.3, -0.25) is 14.5 Å². The lowest BCUT2D eigenvalue weighted by molar-refractivity contribution is -0.136. The van der Waals surface area contributed by atoms with Gasteiger partial charge in [0.15, 0.2) is 11.5 Å². The molecule has 2 aromatic heterocycles. The van der Waals surface area contributed by atoms with E-state index in [1.54, 1.807) is 47.9 Å². The summed E-state index contributed by atoms with van der Waals surface area (Å²) in [6.45, 7) is 14.3. The zero-order valence-electron chi connectivity index (χ0n) is 41.9. The maximum absolute atomic E-state index is 14.5. The van der Waals surface area contributed by atoms with Crippen LogP contribution in [0.3, 0.4) is 0 Å². The van der Waals surface area contributed by atoms with Crippen molar-refractivity contribution in [2.45, 2.75) is 117 Å². The molecule has 5 amide bonds. The number of H-pyrrole nitrogens is 2. The van der Waals surface area contributed by atoms with Crippen LogP contribution >= 0.6 is 0 Å². The molecule has 4 N–H and O–H groups in total. The van der Waals surface area contributed by atoms with Crippen molar-refractivity contribution < 1.29 is 47.7 Å². The SMILES string of the molecule is COC(=O)N[C@H](C(=O)N1CCCC1c1ncc(-c2ccc(-c3ccc(-c4cnc(C5C[C@@H](OC(=O)N6Cc7cc8c(cc7C6)OCO8)CN5C(=O)[C@@H](NC(=O)OC(C)(C)C)C(C)C)[nH]4)cc3)cc2)[nH]1)C(C)C. The molecule has 5 atom stereocenters. The second kappa shape index (κ2) is 20.3. The van der Waals surface area contributed by atoms with E-state index in [-0.39, 0.29) is 49.5 Å². The second-order valence-corrected chi connectivity index (χ2v) is 20.5. The number of aromatic amines is 2. The van der Waals surface area contributed by atoms with Gasteiger partial charge in [0.1, 0.15) is 35.4 Å². The van der Waals surface area contributed by atoms with Crippen LogP contribution in [0.15, 0.2) is 73.1 Å². The summed E-state index contributed by atoms with van der Waals surface area (Å²) < 4.78 is 27.5. The van der Waals surface area contributed by atoms with Gasteiger partial charge in [-0.2, -0.15) is 0 Å². The van der Waals surface area contributed by atoms with Crippen LogP contribution in [0.5, 0.6) is 11.5 Å². The van der Waals surface area contributed by atoms with Crippen LogP contribution < -0.4 is 20.1 Å². The van der Waals surface area contributed by atoms with E-state index in [9.17, 15) is 24.0 Å². The number of nitrogens with one attached hydrogen (secondary N) is 4. The lowest BCUT2D eigenvalue weighted by Gasteiger charge is -2.31. The molecular formula is C53H63N9O10. The van der Waals surface area contributed by atoms with Gasteiger partial charge >= 0.3 is 18.3 Å². The van der Waals surface area contributed by atoms with Crippen LogP contribution in [-0.4, -0.2) is 116 Å². The summed E-state index contributed by atoms with van der Waals surface area (Å²) in [5.41, 5.74) is 6.52. The third kappa shape index (κ3) is 10.6. The monoisotopic (exact) mass is 985 g/mol. The van der Waals surface area contributed by atoms with E-state index in [2.05, 4.69) is 20.6 Å². The predicted molar refractivity (Wildman–Crippen MR) is 264 cm³/mol. The molecule has 4 aliphatic rings. The smallest absolute Gasteiger partial charge is 0.410 e. The van der Waals surface area contributed by atoms with Crippen LogP contribution in [0, 0.1) is 11.8 Å². The Morgan fingerprint density at radius 2 is 1.21 bits per heavy atom. The Kier molecular flexibility index (Phi) is 13.9. The molecule has 0 radical (unpaired) electrons. The molecule has 19 nitrogen and oxygen atoms in total. The summed E-state index contributed by atoms with van der Waals surface area (Å²) in [6, 6.07) is 17.5. The van der Waals surface area contributed by atoms with Crippen molar-refractivity contribution in [3.05, 3.63) is 95.8 Å². The Bertz CT molecular complexity index is 2780. The molecule has 0 aliphatic carbocycles. The summed E-state index contributed by atoms with van der Waals surface area (Å²) in [6.07, 6.45) is 2.86. The number of aromatic nitrogens is 4. The Hall–Kier alpha value is -7.57. The maximum Gasteiger partial charge on any atom is 0.410 e. The van der Waals surface area contributed by atoms with Gasteiger partial charge in [0.2, 0.25) is 18.6 Å². The number of fused-ring (bicyclic) bond motifs is 2. The Balaban J connectivity index is 0.880. The lowest BCUT2D eigenvalue weighted by Crippen LogP contribution is -2.52. The first kappa shape index (κ1) is 49.4. The van der Waals surface area contributed by atoms with Crippen molar-refractivity contribution in [1.82, 2.24) is 45.3 Å². The van der Waals surface area contributed by atoms with Gasteiger partial charge in [0.05, 0.1) is 49.5 Å². The molecule has 5 aromatic rings. The van der Waals surface area contributed by atoms with Crippen LogP contribution in [0.1, 0.15) is 103 Å². The number of carbonyl (C=O) groups excluding carboxylic acids is 5. The van der Waals surface area contributed by atoms with Crippen molar-refractivity contribution in [2.75, 3.05) is 27.0 Å². The first-order valence-corrected chi connectivity index (χ1v) is 24.6. The molecule has 380 valence electrons. The summed E-state index contributed by atoms with van der Waals surface area (Å²) in [5, 5.41) is 5.49. The van der Waals surface area contributed by atoms with Crippen LogP contribution in [0.4, 0.5) is 14.4 Å². The summed E-state index contributed by atoms with van der Waals surface area (Å²) in [4.78, 5) is 88.3. The third-order valence-electron chi connectivity index (χ3n) is 13.6.